The second kappa shape index (κ2) is 7.64. The first-order chi connectivity index (χ1) is 13.5. The van der Waals surface area contributed by atoms with Crippen LogP contribution < -0.4 is 0 Å². The molecule has 1 fully saturated rings. The summed E-state index contributed by atoms with van der Waals surface area (Å²) >= 11 is 6.01. The highest BCUT2D eigenvalue weighted by Crippen LogP contribution is 2.21. The normalized spacial score (nSPS) is 14.9. The zero-order valence-corrected chi connectivity index (χ0v) is 15.9. The highest BCUT2D eigenvalue weighted by Gasteiger charge is 2.25. The fraction of sp³-hybridized carbons (Fsp3) is 0.238. The van der Waals surface area contributed by atoms with E-state index in [0.29, 0.717) is 43.3 Å². The summed E-state index contributed by atoms with van der Waals surface area (Å²) in [4.78, 5) is 32.0. The maximum absolute atomic E-state index is 13.9. The summed E-state index contributed by atoms with van der Waals surface area (Å²) in [6.45, 7) is 1.79. The van der Waals surface area contributed by atoms with E-state index in [1.807, 2.05) is 6.07 Å². The average molecular weight is 400 g/mol. The van der Waals surface area contributed by atoms with Gasteiger partial charge in [-0.25, -0.2) is 4.39 Å². The number of fused-ring (bicyclic) bond motifs is 1. The number of aromatic amines is 1. The van der Waals surface area contributed by atoms with Crippen molar-refractivity contribution in [3.63, 3.8) is 0 Å². The highest BCUT2D eigenvalue weighted by atomic mass is 35.5. The van der Waals surface area contributed by atoms with Gasteiger partial charge in [-0.2, -0.15) is 0 Å². The number of aromatic nitrogens is 1. The lowest BCUT2D eigenvalue weighted by Crippen LogP contribution is -2.37. The van der Waals surface area contributed by atoms with Crippen molar-refractivity contribution in [1.29, 1.82) is 0 Å². The number of nitrogens with one attached hydrogen (secondary N) is 1. The minimum Gasteiger partial charge on any atom is -0.351 e. The molecular weight excluding hydrogens is 381 g/mol. The molecule has 2 aromatic carbocycles. The molecular formula is C21H19ClFN3O2. The van der Waals surface area contributed by atoms with E-state index in [2.05, 4.69) is 4.98 Å². The van der Waals surface area contributed by atoms with Crippen LogP contribution in [0.4, 0.5) is 4.39 Å². The molecule has 5 nitrogen and oxygen atoms in total. The van der Waals surface area contributed by atoms with Crippen molar-refractivity contribution < 1.29 is 14.0 Å². The largest absolute Gasteiger partial charge is 0.351 e. The van der Waals surface area contributed by atoms with E-state index >= 15 is 0 Å². The zero-order valence-electron chi connectivity index (χ0n) is 15.1. The maximum Gasteiger partial charge on any atom is 0.270 e. The molecule has 0 bridgehead atoms. The second-order valence-electron chi connectivity index (χ2n) is 6.83. The number of carbonyl (C=O) groups excluding carboxylic acids is 2. The maximum atomic E-state index is 13.9. The van der Waals surface area contributed by atoms with Crippen LogP contribution in [0.3, 0.4) is 0 Å². The molecule has 0 atom stereocenters. The van der Waals surface area contributed by atoms with Crippen LogP contribution in [0.15, 0.2) is 48.5 Å². The minimum atomic E-state index is -0.526. The average Bonchev–Trinajstić information content (AvgIpc) is 2.95. The number of nitrogens with zero attached hydrogens (tertiary/aromatic N) is 2. The van der Waals surface area contributed by atoms with E-state index in [4.69, 9.17) is 11.6 Å². The van der Waals surface area contributed by atoms with Crippen LogP contribution >= 0.6 is 11.6 Å². The fourth-order valence-corrected chi connectivity index (χ4v) is 3.70. The van der Waals surface area contributed by atoms with Crippen molar-refractivity contribution in [3.05, 3.63) is 70.6 Å². The topological polar surface area (TPSA) is 56.4 Å². The predicted octanol–water partition coefficient (Wildman–Crippen LogP) is 3.95. The first kappa shape index (κ1) is 18.5. The van der Waals surface area contributed by atoms with Crippen molar-refractivity contribution in [2.45, 2.75) is 6.42 Å². The van der Waals surface area contributed by atoms with Crippen LogP contribution in [0.1, 0.15) is 27.3 Å². The molecule has 1 N–H and O–H groups in total. The lowest BCUT2D eigenvalue weighted by atomic mass is 10.2. The van der Waals surface area contributed by atoms with E-state index in [9.17, 15) is 14.0 Å². The second-order valence-corrected chi connectivity index (χ2v) is 7.27. The Kier molecular flexibility index (Phi) is 5.05. The molecule has 4 rings (SSSR count). The first-order valence-corrected chi connectivity index (χ1v) is 9.52. The smallest absolute Gasteiger partial charge is 0.270 e. The van der Waals surface area contributed by atoms with Gasteiger partial charge in [0.15, 0.2) is 0 Å². The van der Waals surface area contributed by atoms with Gasteiger partial charge in [-0.15, -0.1) is 0 Å². The van der Waals surface area contributed by atoms with Crippen LogP contribution in [0.2, 0.25) is 5.02 Å². The van der Waals surface area contributed by atoms with Gasteiger partial charge in [0.25, 0.3) is 11.8 Å². The number of halogens is 2. The number of hydrogen-bond donors (Lipinski definition) is 1. The SMILES string of the molecule is O=C(c1cc2cc(Cl)ccc2[nH]1)N1CCCN(C(=O)c2ccccc2F)CC1. The monoisotopic (exact) mass is 399 g/mol. The van der Waals surface area contributed by atoms with Gasteiger partial charge in [-0.3, -0.25) is 9.59 Å². The van der Waals surface area contributed by atoms with Crippen molar-refractivity contribution in [2.75, 3.05) is 26.2 Å². The molecule has 1 aliphatic rings. The van der Waals surface area contributed by atoms with Crippen molar-refractivity contribution in [2.24, 2.45) is 0 Å². The molecule has 1 saturated heterocycles. The van der Waals surface area contributed by atoms with Crippen LogP contribution in [0, 0.1) is 5.82 Å². The summed E-state index contributed by atoms with van der Waals surface area (Å²) in [6, 6.07) is 13.2. The Morgan fingerprint density at radius 2 is 1.64 bits per heavy atom. The molecule has 7 heteroatoms. The molecule has 0 radical (unpaired) electrons. The molecule has 0 saturated carbocycles. The molecule has 1 aromatic heterocycles. The molecule has 2 heterocycles. The predicted molar refractivity (Wildman–Crippen MR) is 106 cm³/mol. The number of amides is 2. The van der Waals surface area contributed by atoms with Gasteiger partial charge in [0.05, 0.1) is 5.56 Å². The van der Waals surface area contributed by atoms with Gasteiger partial charge < -0.3 is 14.8 Å². The molecule has 0 aliphatic carbocycles. The van der Waals surface area contributed by atoms with Gasteiger partial charge >= 0.3 is 0 Å². The Hall–Kier alpha value is -2.86. The van der Waals surface area contributed by atoms with Crippen LogP contribution in [0.25, 0.3) is 10.9 Å². The Morgan fingerprint density at radius 3 is 2.39 bits per heavy atom. The lowest BCUT2D eigenvalue weighted by molar-refractivity contribution is 0.0714. The molecule has 0 unspecified atom stereocenters. The molecule has 144 valence electrons. The Morgan fingerprint density at radius 1 is 0.929 bits per heavy atom. The third kappa shape index (κ3) is 3.60. The van der Waals surface area contributed by atoms with Crippen LogP contribution in [-0.4, -0.2) is 52.8 Å². The van der Waals surface area contributed by atoms with Crippen LogP contribution in [-0.2, 0) is 0 Å². The van der Waals surface area contributed by atoms with Crippen LogP contribution in [0.5, 0.6) is 0 Å². The van der Waals surface area contributed by atoms with Gasteiger partial charge in [0.2, 0.25) is 0 Å². The van der Waals surface area contributed by atoms with E-state index in [0.717, 1.165) is 10.9 Å². The summed E-state index contributed by atoms with van der Waals surface area (Å²) in [5, 5.41) is 1.49. The molecule has 2 amide bonds. The number of hydrogen-bond acceptors (Lipinski definition) is 2. The number of H-pyrrole nitrogens is 1. The van der Waals surface area contributed by atoms with Crippen molar-refractivity contribution in [3.8, 4) is 0 Å². The summed E-state index contributed by atoms with van der Waals surface area (Å²) in [5.41, 5.74) is 1.40. The molecule has 0 spiro atoms. The molecule has 3 aromatic rings. The van der Waals surface area contributed by atoms with E-state index < -0.39 is 5.82 Å². The highest BCUT2D eigenvalue weighted by molar-refractivity contribution is 6.31. The van der Waals surface area contributed by atoms with E-state index in [1.54, 1.807) is 40.1 Å². The number of carbonyl (C=O) groups is 2. The number of rotatable bonds is 2. The Labute approximate surface area is 166 Å². The Bertz CT molecular complexity index is 1050. The summed E-state index contributed by atoms with van der Waals surface area (Å²) in [6.07, 6.45) is 0.637. The van der Waals surface area contributed by atoms with E-state index in [-0.39, 0.29) is 17.4 Å². The Balaban J connectivity index is 1.48. The summed E-state index contributed by atoms with van der Waals surface area (Å²) in [5.74, 6) is -0.985. The molecule has 28 heavy (non-hydrogen) atoms. The van der Waals surface area contributed by atoms with E-state index in [1.165, 1.54) is 12.1 Å². The summed E-state index contributed by atoms with van der Waals surface area (Å²) < 4.78 is 13.9. The third-order valence-electron chi connectivity index (χ3n) is 4.99. The molecule has 1 aliphatic heterocycles. The van der Waals surface area contributed by atoms with Crippen molar-refractivity contribution >= 4 is 34.3 Å². The standard InChI is InChI=1S/C21H19ClFN3O2/c22-15-6-7-18-14(12-15)13-19(24-18)21(28)26-9-3-8-25(10-11-26)20(27)16-4-1-2-5-17(16)23/h1-2,4-7,12-13,24H,3,8-11H2. The van der Waals surface area contributed by atoms with Gasteiger partial charge in [-0.1, -0.05) is 23.7 Å². The minimum absolute atomic E-state index is 0.0646. The van der Waals surface area contributed by atoms with Crippen molar-refractivity contribution in [1.82, 2.24) is 14.8 Å². The fourth-order valence-electron chi connectivity index (χ4n) is 3.52. The number of benzene rings is 2. The van der Waals surface area contributed by atoms with Gasteiger partial charge in [0.1, 0.15) is 11.5 Å². The van der Waals surface area contributed by atoms with Gasteiger partial charge in [0, 0.05) is 42.1 Å². The quantitative estimate of drug-likeness (QED) is 0.709. The zero-order chi connectivity index (χ0) is 19.7. The summed E-state index contributed by atoms with van der Waals surface area (Å²) in [7, 11) is 0. The van der Waals surface area contributed by atoms with Gasteiger partial charge in [-0.05, 0) is 42.8 Å². The third-order valence-corrected chi connectivity index (χ3v) is 5.22. The lowest BCUT2D eigenvalue weighted by Gasteiger charge is -2.22. The first-order valence-electron chi connectivity index (χ1n) is 9.14.